The van der Waals surface area contributed by atoms with Crippen LogP contribution in [0.5, 0.6) is 17.2 Å². The van der Waals surface area contributed by atoms with Gasteiger partial charge in [-0.05, 0) is 101 Å². The van der Waals surface area contributed by atoms with E-state index in [0.717, 1.165) is 39.2 Å². The summed E-state index contributed by atoms with van der Waals surface area (Å²) in [5.74, 6) is 0.181. The van der Waals surface area contributed by atoms with Crippen LogP contribution < -0.4 is 24.4 Å². The highest BCUT2D eigenvalue weighted by Gasteiger charge is 2.43. The standard InChI is InChI=1S/C50H45Cl2N5O9S2/c1-30-49(67-50(54-30)56-17-19-63-20-18-56)68(60,61)57-27-38-25-45-44(65-29-46(66-45)36-12-14-39(15-13-36)64-28-33-7-16-40(51)41(52)21-33)24-37(38)23-43(57)47(58)55-42(48(59)62-2)22-31-3-8-34(9-4-31)35-10-5-32(26-53)6-11-35/h3-16,21,24-25,42-43,46H,17-20,22-23,27-29H2,1-2H3,(H,55,58)/t42-,43-,46?/m0/s1. The summed E-state index contributed by atoms with van der Waals surface area (Å²) in [6.07, 6.45) is -0.425. The average Bonchev–Trinajstić information content (AvgIpc) is 3.78. The van der Waals surface area contributed by atoms with E-state index in [2.05, 4.69) is 16.4 Å². The number of thiazole rings is 1. The summed E-state index contributed by atoms with van der Waals surface area (Å²) < 4.78 is 60.6. The average molecular weight is 995 g/mol. The van der Waals surface area contributed by atoms with Crippen LogP contribution in [0.3, 0.4) is 0 Å². The summed E-state index contributed by atoms with van der Waals surface area (Å²) in [5.41, 5.74) is 6.46. The normalized spacial score (nSPS) is 17.4. The van der Waals surface area contributed by atoms with Crippen LogP contribution in [0.1, 0.15) is 45.2 Å². The van der Waals surface area contributed by atoms with E-state index in [4.69, 9.17) is 46.9 Å². The molecule has 0 saturated carbocycles. The van der Waals surface area contributed by atoms with E-state index in [0.29, 0.717) is 87.7 Å². The zero-order valence-electron chi connectivity index (χ0n) is 36.9. The monoisotopic (exact) mass is 993 g/mol. The number of nitrogens with zero attached hydrogens (tertiary/aromatic N) is 4. The molecule has 1 aromatic heterocycles. The number of sulfonamides is 1. The lowest BCUT2D eigenvalue weighted by Gasteiger charge is -2.36. The molecule has 0 aliphatic carbocycles. The maximum Gasteiger partial charge on any atom is 0.328 e. The molecule has 350 valence electrons. The quantitative estimate of drug-likeness (QED) is 0.110. The molecule has 3 aliphatic rings. The molecule has 1 unspecified atom stereocenters. The Kier molecular flexibility index (Phi) is 13.9. The predicted molar refractivity (Wildman–Crippen MR) is 257 cm³/mol. The van der Waals surface area contributed by atoms with Crippen molar-refractivity contribution in [3.63, 3.8) is 0 Å². The Bertz CT molecular complexity index is 2990. The predicted octanol–water partition coefficient (Wildman–Crippen LogP) is 8.24. The second kappa shape index (κ2) is 20.2. The molecule has 1 amide bonds. The summed E-state index contributed by atoms with van der Waals surface area (Å²) >= 11 is 13.3. The van der Waals surface area contributed by atoms with Crippen molar-refractivity contribution < 1.29 is 41.7 Å². The number of carbonyl (C=O) groups excluding carboxylic acids is 2. The molecular weight excluding hydrogens is 950 g/mol. The van der Waals surface area contributed by atoms with Crippen molar-refractivity contribution in [3.8, 4) is 34.4 Å². The van der Waals surface area contributed by atoms with Crippen molar-refractivity contribution >= 4 is 61.6 Å². The summed E-state index contributed by atoms with van der Waals surface area (Å²) in [6.45, 7) is 4.08. The number of nitrogens with one attached hydrogen (secondary N) is 1. The number of nitriles is 1. The number of esters is 1. The third kappa shape index (κ3) is 10.1. The summed E-state index contributed by atoms with van der Waals surface area (Å²) in [6, 6.07) is 30.8. The fourth-order valence-electron chi connectivity index (χ4n) is 8.36. The van der Waals surface area contributed by atoms with Crippen LogP contribution >= 0.6 is 34.5 Å². The number of fused-ring (bicyclic) bond motifs is 2. The first-order valence-corrected chi connectivity index (χ1v) is 24.8. The second-order valence-corrected chi connectivity index (χ2v) is 20.4. The van der Waals surface area contributed by atoms with Crippen LogP contribution in [0.2, 0.25) is 10.0 Å². The van der Waals surface area contributed by atoms with Crippen LogP contribution in [-0.4, -0.2) is 81.7 Å². The number of amides is 1. The third-order valence-electron chi connectivity index (χ3n) is 12.1. The molecule has 0 spiro atoms. The fourth-order valence-corrected chi connectivity index (χ4v) is 11.9. The third-order valence-corrected chi connectivity index (χ3v) is 16.5. The van der Waals surface area contributed by atoms with Gasteiger partial charge in [-0.1, -0.05) is 89.1 Å². The molecule has 14 nitrogen and oxygen atoms in total. The maximum atomic E-state index is 15.0. The van der Waals surface area contributed by atoms with E-state index in [1.165, 1.54) is 11.4 Å². The molecule has 68 heavy (non-hydrogen) atoms. The number of rotatable bonds is 13. The summed E-state index contributed by atoms with van der Waals surface area (Å²) in [5, 5.41) is 13.5. The molecule has 3 aliphatic heterocycles. The maximum absolute atomic E-state index is 15.0. The molecule has 1 N–H and O–H groups in total. The number of anilines is 1. The fraction of sp³-hybridized carbons (Fsp3) is 0.280. The first-order chi connectivity index (χ1) is 32.9. The Hall–Kier alpha value is -6.19. The molecule has 6 aromatic rings. The van der Waals surface area contributed by atoms with Gasteiger partial charge in [0.05, 0.1) is 47.7 Å². The molecule has 9 rings (SSSR count). The molecule has 3 atom stereocenters. The highest BCUT2D eigenvalue weighted by Crippen LogP contribution is 2.43. The van der Waals surface area contributed by atoms with Gasteiger partial charge in [0.1, 0.15) is 31.0 Å². The number of benzene rings is 5. The molecule has 0 bridgehead atoms. The summed E-state index contributed by atoms with van der Waals surface area (Å²) in [7, 11) is -3.13. The van der Waals surface area contributed by atoms with Crippen LogP contribution in [0.4, 0.5) is 5.13 Å². The topological polar surface area (TPSA) is 170 Å². The zero-order valence-corrected chi connectivity index (χ0v) is 40.1. The molecule has 1 fully saturated rings. The van der Waals surface area contributed by atoms with E-state index in [-0.39, 0.29) is 30.2 Å². The van der Waals surface area contributed by atoms with Gasteiger partial charge in [-0.15, -0.1) is 0 Å². The molecule has 4 heterocycles. The number of hydrogen-bond donors (Lipinski definition) is 1. The van der Waals surface area contributed by atoms with Crippen molar-refractivity contribution in [1.29, 1.82) is 5.26 Å². The van der Waals surface area contributed by atoms with Crippen LogP contribution in [0.15, 0.2) is 107 Å². The lowest BCUT2D eigenvalue weighted by molar-refractivity contribution is -0.145. The number of hydrogen-bond acceptors (Lipinski definition) is 13. The van der Waals surface area contributed by atoms with Crippen LogP contribution in [0.25, 0.3) is 11.1 Å². The lowest BCUT2D eigenvalue weighted by Crippen LogP contribution is -2.56. The van der Waals surface area contributed by atoms with Gasteiger partial charge in [0.15, 0.2) is 26.9 Å². The van der Waals surface area contributed by atoms with E-state index in [9.17, 15) is 23.3 Å². The van der Waals surface area contributed by atoms with Crippen LogP contribution in [0, 0.1) is 18.3 Å². The number of halogens is 2. The van der Waals surface area contributed by atoms with Crippen molar-refractivity contribution in [2.75, 3.05) is 44.9 Å². The van der Waals surface area contributed by atoms with E-state index in [1.807, 2.05) is 71.6 Å². The van der Waals surface area contributed by atoms with Crippen molar-refractivity contribution in [1.82, 2.24) is 14.6 Å². The van der Waals surface area contributed by atoms with Crippen molar-refractivity contribution in [2.24, 2.45) is 0 Å². The minimum atomic E-state index is -4.37. The highest BCUT2D eigenvalue weighted by atomic mass is 35.5. The number of aryl methyl sites for hydroxylation is 1. The molecule has 18 heteroatoms. The van der Waals surface area contributed by atoms with E-state index >= 15 is 0 Å². The van der Waals surface area contributed by atoms with Gasteiger partial charge in [0, 0.05) is 26.1 Å². The summed E-state index contributed by atoms with van der Waals surface area (Å²) in [4.78, 5) is 34.6. The number of aromatic nitrogens is 1. The van der Waals surface area contributed by atoms with Gasteiger partial charge in [0.25, 0.3) is 10.0 Å². The number of carbonyl (C=O) groups is 2. The van der Waals surface area contributed by atoms with Gasteiger partial charge in [-0.3, -0.25) is 4.79 Å². The van der Waals surface area contributed by atoms with Crippen LogP contribution in [-0.2, 0) is 55.1 Å². The molecular formula is C50H45Cl2N5O9S2. The molecule has 5 aromatic carbocycles. The Morgan fingerprint density at radius 1 is 0.912 bits per heavy atom. The number of morpholine rings is 1. The van der Waals surface area contributed by atoms with Crippen molar-refractivity contribution in [3.05, 3.63) is 152 Å². The van der Waals surface area contributed by atoms with Gasteiger partial charge in [0.2, 0.25) is 5.91 Å². The van der Waals surface area contributed by atoms with Gasteiger partial charge >= 0.3 is 5.97 Å². The SMILES string of the molecule is COC(=O)[C@H](Cc1ccc(-c2ccc(C#N)cc2)cc1)NC(=O)[C@@H]1Cc2cc3c(cc2CN1S(=O)(=O)c1sc(N2CCOCC2)nc1C)OC(c1ccc(OCc2ccc(Cl)c(Cl)c2)cc1)CO3. The van der Waals surface area contributed by atoms with Crippen molar-refractivity contribution in [2.45, 2.75) is 55.3 Å². The Balaban J connectivity index is 0.965. The molecule has 1 saturated heterocycles. The second-order valence-electron chi connectivity index (χ2n) is 16.5. The number of ether oxygens (including phenoxy) is 5. The lowest BCUT2D eigenvalue weighted by atomic mass is 9.93. The number of methoxy groups -OCH3 is 1. The highest BCUT2D eigenvalue weighted by molar-refractivity contribution is 7.91. The first kappa shape index (κ1) is 46.9. The molecule has 0 radical (unpaired) electrons. The smallest absolute Gasteiger partial charge is 0.328 e. The van der Waals surface area contributed by atoms with E-state index in [1.54, 1.807) is 43.3 Å². The minimum absolute atomic E-state index is 0.0223. The van der Waals surface area contributed by atoms with Gasteiger partial charge in [-0.2, -0.15) is 9.57 Å². The minimum Gasteiger partial charge on any atom is -0.489 e. The Morgan fingerprint density at radius 2 is 1.60 bits per heavy atom. The van der Waals surface area contributed by atoms with Gasteiger partial charge < -0.3 is 33.9 Å². The first-order valence-electron chi connectivity index (χ1n) is 21.8. The van der Waals surface area contributed by atoms with Gasteiger partial charge in [-0.25, -0.2) is 18.2 Å². The van der Waals surface area contributed by atoms with E-state index < -0.39 is 40.1 Å². The zero-order chi connectivity index (χ0) is 47.5. The largest absolute Gasteiger partial charge is 0.489 e. The Labute approximate surface area is 407 Å². The Morgan fingerprint density at radius 3 is 2.29 bits per heavy atom.